The summed E-state index contributed by atoms with van der Waals surface area (Å²) < 4.78 is 30.1. The molecule has 0 aromatic heterocycles. The zero-order valence-corrected chi connectivity index (χ0v) is 15.3. The van der Waals surface area contributed by atoms with E-state index in [-0.39, 0.29) is 25.6 Å². The molecule has 0 aliphatic carbocycles. The second-order valence-electron chi connectivity index (χ2n) is 5.94. The zero-order chi connectivity index (χ0) is 18.4. The molecule has 0 radical (unpaired) electrons. The van der Waals surface area contributed by atoms with E-state index >= 15 is 0 Å². The summed E-state index contributed by atoms with van der Waals surface area (Å²) in [4.78, 5) is 13.3. The molecule has 9 heteroatoms. The fourth-order valence-electron chi connectivity index (χ4n) is 2.36. The van der Waals surface area contributed by atoms with E-state index in [0.717, 1.165) is 25.7 Å². The van der Waals surface area contributed by atoms with Gasteiger partial charge in [0, 0.05) is 32.6 Å². The number of nitrogens with zero attached hydrogens (tertiary/aromatic N) is 1. The zero-order valence-electron chi connectivity index (χ0n) is 14.5. The first-order valence-electron chi connectivity index (χ1n) is 8.51. The summed E-state index contributed by atoms with van der Waals surface area (Å²) in [5.74, 6) is -0.784. The van der Waals surface area contributed by atoms with Crippen LogP contribution in [0.25, 0.3) is 0 Å². The number of amides is 1. The Labute approximate surface area is 145 Å². The molecule has 0 fully saturated rings. The Balaban J connectivity index is 3.97. The van der Waals surface area contributed by atoms with E-state index in [1.165, 1.54) is 6.42 Å². The summed E-state index contributed by atoms with van der Waals surface area (Å²) in [6.07, 6.45) is 4.62. The third-order valence-corrected chi connectivity index (χ3v) is 4.35. The fraction of sp³-hybridized carbons (Fsp3) is 0.933. The topological polar surface area (TPSA) is 127 Å². The van der Waals surface area contributed by atoms with Gasteiger partial charge in [-0.1, -0.05) is 32.6 Å². The molecule has 0 saturated heterocycles. The third kappa shape index (κ3) is 14.8. The van der Waals surface area contributed by atoms with Gasteiger partial charge in [0.2, 0.25) is 5.91 Å². The number of nitrogens with one attached hydrogen (secondary N) is 1. The van der Waals surface area contributed by atoms with Gasteiger partial charge in [0.05, 0.1) is 12.7 Å². The van der Waals surface area contributed by atoms with Crippen LogP contribution in [0.15, 0.2) is 0 Å². The minimum absolute atomic E-state index is 0.00671. The number of rotatable bonds is 15. The van der Waals surface area contributed by atoms with Gasteiger partial charge < -0.3 is 15.5 Å². The number of carbonyl (C=O) groups is 1. The van der Waals surface area contributed by atoms with Crippen molar-refractivity contribution in [2.45, 2.75) is 51.6 Å². The molecule has 0 aromatic rings. The fourth-order valence-corrected chi connectivity index (χ4v) is 2.95. The number of hydrogen-bond donors (Lipinski definition) is 4. The van der Waals surface area contributed by atoms with Crippen LogP contribution in [-0.4, -0.2) is 78.6 Å². The average Bonchev–Trinajstić information content (AvgIpc) is 2.45. The molecular weight excluding hydrogens is 336 g/mol. The van der Waals surface area contributed by atoms with Crippen LogP contribution < -0.4 is 5.32 Å². The molecule has 0 bridgehead atoms. The Bertz CT molecular complexity index is 430. The minimum Gasteiger partial charge on any atom is -0.395 e. The monoisotopic (exact) mass is 368 g/mol. The molecule has 144 valence electrons. The number of aliphatic hydroxyl groups is 2. The van der Waals surface area contributed by atoms with Gasteiger partial charge >= 0.3 is 0 Å². The van der Waals surface area contributed by atoms with Crippen LogP contribution in [0.4, 0.5) is 0 Å². The smallest absolute Gasteiger partial charge is 0.267 e. The van der Waals surface area contributed by atoms with Gasteiger partial charge in [-0.3, -0.25) is 14.2 Å². The van der Waals surface area contributed by atoms with Crippen molar-refractivity contribution in [3.05, 3.63) is 0 Å². The van der Waals surface area contributed by atoms with Crippen molar-refractivity contribution in [1.29, 1.82) is 0 Å². The first-order chi connectivity index (χ1) is 11.3. The standard InChI is InChI=1S/C15H32N2O6S/c1-2-3-4-5-6-7-15(20)16-8-9-17(10-11-18)12-14(19)13-24(21,22)23/h14,18-19H,2-13H2,1H3,(H,16,20)(H,21,22,23). The highest BCUT2D eigenvalue weighted by Crippen LogP contribution is 2.04. The second kappa shape index (κ2) is 13.5. The van der Waals surface area contributed by atoms with Gasteiger partial charge in [-0.05, 0) is 6.42 Å². The largest absolute Gasteiger partial charge is 0.395 e. The van der Waals surface area contributed by atoms with Crippen molar-refractivity contribution in [3.63, 3.8) is 0 Å². The maximum Gasteiger partial charge on any atom is 0.267 e. The quantitative estimate of drug-likeness (QED) is 0.237. The van der Waals surface area contributed by atoms with Crippen LogP contribution in [0.5, 0.6) is 0 Å². The molecule has 4 N–H and O–H groups in total. The Morgan fingerprint density at radius 2 is 1.83 bits per heavy atom. The number of unbranched alkanes of at least 4 members (excludes halogenated alkanes) is 4. The van der Waals surface area contributed by atoms with Crippen molar-refractivity contribution in [3.8, 4) is 0 Å². The van der Waals surface area contributed by atoms with Crippen molar-refractivity contribution >= 4 is 16.0 Å². The van der Waals surface area contributed by atoms with E-state index in [9.17, 15) is 18.3 Å². The summed E-state index contributed by atoms with van der Waals surface area (Å²) in [5.41, 5.74) is 0. The Hall–Kier alpha value is -0.740. The van der Waals surface area contributed by atoms with Gasteiger partial charge in [-0.25, -0.2) is 0 Å². The molecule has 1 unspecified atom stereocenters. The van der Waals surface area contributed by atoms with E-state index < -0.39 is 22.0 Å². The van der Waals surface area contributed by atoms with E-state index in [0.29, 0.717) is 19.5 Å². The maximum atomic E-state index is 11.7. The lowest BCUT2D eigenvalue weighted by Gasteiger charge is -2.23. The highest BCUT2D eigenvalue weighted by atomic mass is 32.2. The summed E-state index contributed by atoms with van der Waals surface area (Å²) in [6, 6.07) is 0. The van der Waals surface area contributed by atoms with Crippen LogP contribution in [0, 0.1) is 0 Å². The van der Waals surface area contributed by atoms with Crippen LogP contribution in [0.2, 0.25) is 0 Å². The van der Waals surface area contributed by atoms with Crippen LogP contribution >= 0.6 is 0 Å². The molecule has 0 aromatic carbocycles. The van der Waals surface area contributed by atoms with Gasteiger partial charge in [-0.2, -0.15) is 8.42 Å². The SMILES string of the molecule is CCCCCCCC(=O)NCCN(CCO)CC(O)CS(=O)(=O)O. The molecule has 8 nitrogen and oxygen atoms in total. The highest BCUT2D eigenvalue weighted by Gasteiger charge is 2.17. The van der Waals surface area contributed by atoms with E-state index in [4.69, 9.17) is 9.66 Å². The minimum atomic E-state index is -4.24. The molecule has 0 saturated carbocycles. The van der Waals surface area contributed by atoms with Crippen molar-refractivity contribution in [2.24, 2.45) is 0 Å². The molecule has 1 amide bonds. The van der Waals surface area contributed by atoms with E-state index in [1.807, 2.05) is 0 Å². The van der Waals surface area contributed by atoms with Crippen molar-refractivity contribution in [2.75, 3.05) is 38.5 Å². The van der Waals surface area contributed by atoms with Crippen molar-refractivity contribution < 1.29 is 28.0 Å². The Kier molecular flexibility index (Phi) is 13.1. The number of carbonyl (C=O) groups excluding carboxylic acids is 1. The normalized spacial score (nSPS) is 13.2. The van der Waals surface area contributed by atoms with Crippen molar-refractivity contribution in [1.82, 2.24) is 10.2 Å². The molecule has 0 heterocycles. The lowest BCUT2D eigenvalue weighted by Crippen LogP contribution is -2.42. The van der Waals surface area contributed by atoms with Gasteiger partial charge in [0.15, 0.2) is 0 Å². The predicted octanol–water partition coefficient (Wildman–Crippen LogP) is 0.00610. The highest BCUT2D eigenvalue weighted by molar-refractivity contribution is 7.85. The van der Waals surface area contributed by atoms with Gasteiger partial charge in [-0.15, -0.1) is 0 Å². The van der Waals surface area contributed by atoms with Gasteiger partial charge in [0.1, 0.15) is 5.75 Å². The lowest BCUT2D eigenvalue weighted by molar-refractivity contribution is -0.121. The first-order valence-corrected chi connectivity index (χ1v) is 10.1. The molecule has 1 atom stereocenters. The molecule has 0 aliphatic heterocycles. The third-order valence-electron chi connectivity index (χ3n) is 3.55. The van der Waals surface area contributed by atoms with Crippen LogP contribution in [-0.2, 0) is 14.9 Å². The Morgan fingerprint density at radius 1 is 1.17 bits per heavy atom. The second-order valence-corrected chi connectivity index (χ2v) is 7.44. The predicted molar refractivity (Wildman–Crippen MR) is 92.3 cm³/mol. The lowest BCUT2D eigenvalue weighted by atomic mass is 10.1. The summed E-state index contributed by atoms with van der Waals surface area (Å²) in [7, 11) is -4.24. The molecule has 0 aliphatic rings. The number of hydrogen-bond acceptors (Lipinski definition) is 6. The summed E-state index contributed by atoms with van der Waals surface area (Å²) >= 11 is 0. The molecule has 0 rings (SSSR count). The maximum absolute atomic E-state index is 11.7. The first kappa shape index (κ1) is 23.3. The van der Waals surface area contributed by atoms with E-state index in [2.05, 4.69) is 12.2 Å². The average molecular weight is 368 g/mol. The van der Waals surface area contributed by atoms with Crippen LogP contribution in [0.3, 0.4) is 0 Å². The van der Waals surface area contributed by atoms with E-state index in [1.54, 1.807) is 4.90 Å². The molecule has 24 heavy (non-hydrogen) atoms. The molecular formula is C15H32N2O6S. The van der Waals surface area contributed by atoms with Crippen LogP contribution in [0.1, 0.15) is 45.4 Å². The summed E-state index contributed by atoms with van der Waals surface area (Å²) in [5, 5.41) is 21.4. The Morgan fingerprint density at radius 3 is 2.42 bits per heavy atom. The molecule has 0 spiro atoms. The summed E-state index contributed by atoms with van der Waals surface area (Å²) in [6.45, 7) is 2.96. The van der Waals surface area contributed by atoms with Gasteiger partial charge in [0.25, 0.3) is 10.1 Å². The number of aliphatic hydroxyl groups excluding tert-OH is 2.